The number of nitrogens with zero attached hydrogens (tertiary/aromatic N) is 1. The molecule has 0 saturated carbocycles. The van der Waals surface area contributed by atoms with Crippen LogP contribution in [0.1, 0.15) is 79.5 Å². The van der Waals surface area contributed by atoms with Gasteiger partial charge in [0.05, 0.1) is 44.1 Å². The predicted molar refractivity (Wildman–Crippen MR) is 180 cm³/mol. The smallest absolute Gasteiger partial charge is 0.230 e. The van der Waals surface area contributed by atoms with Crippen molar-refractivity contribution in [2.75, 3.05) is 30.9 Å². The van der Waals surface area contributed by atoms with Crippen LogP contribution in [0, 0.1) is 5.82 Å². The first-order valence-electron chi connectivity index (χ1n) is 15.9. The summed E-state index contributed by atoms with van der Waals surface area (Å²) in [6.45, 7) is 0.947. The minimum atomic E-state index is -3.20. The fraction of sp³-hybridized carbons (Fsp3) is 0.457. The van der Waals surface area contributed by atoms with Crippen LogP contribution in [0.5, 0.6) is 0 Å². The molecule has 0 radical (unpaired) electrons. The van der Waals surface area contributed by atoms with Gasteiger partial charge in [0.1, 0.15) is 17.5 Å². The van der Waals surface area contributed by atoms with E-state index in [0.717, 1.165) is 28.6 Å². The minimum Gasteiger partial charge on any atom is -0.393 e. The van der Waals surface area contributed by atoms with E-state index < -0.39 is 47.2 Å². The molecule has 1 fully saturated rings. The molecule has 1 aliphatic heterocycles. The van der Waals surface area contributed by atoms with Gasteiger partial charge in [0.2, 0.25) is 15.9 Å². The Labute approximate surface area is 281 Å². The Bertz CT molecular complexity index is 1530. The first-order chi connectivity index (χ1) is 22.7. The van der Waals surface area contributed by atoms with Crippen molar-refractivity contribution in [2.45, 2.75) is 75.4 Å². The molecule has 11 nitrogen and oxygen atoms in total. The molecule has 13 heteroatoms. The highest BCUT2D eigenvalue weighted by molar-refractivity contribution is 7.88. The van der Waals surface area contributed by atoms with Gasteiger partial charge in [-0.3, -0.25) is 4.79 Å². The van der Waals surface area contributed by atoms with E-state index in [4.69, 9.17) is 10.2 Å². The quantitative estimate of drug-likeness (QED) is 0.0876. The molecule has 1 amide bonds. The monoisotopic (exact) mass is 690 g/mol. The van der Waals surface area contributed by atoms with Gasteiger partial charge in [-0.2, -0.15) is 0 Å². The second-order valence-corrected chi connectivity index (χ2v) is 14.0. The van der Waals surface area contributed by atoms with Crippen LogP contribution >= 0.6 is 0 Å². The van der Waals surface area contributed by atoms with Crippen molar-refractivity contribution in [1.82, 2.24) is 4.72 Å². The number of rotatable bonds is 16. The van der Waals surface area contributed by atoms with Crippen molar-refractivity contribution in [1.29, 1.82) is 0 Å². The number of aliphatic hydroxyl groups is 6. The first-order valence-corrected chi connectivity index (χ1v) is 17.8. The van der Waals surface area contributed by atoms with Gasteiger partial charge >= 0.3 is 0 Å². The molecule has 3 aromatic rings. The molecular formula is C35H47FN2O9S. The van der Waals surface area contributed by atoms with Gasteiger partial charge in [0.25, 0.3) is 0 Å². The summed E-state index contributed by atoms with van der Waals surface area (Å²) < 4.78 is 37.1. The zero-order chi connectivity index (χ0) is 35.5. The van der Waals surface area contributed by atoms with Crippen molar-refractivity contribution in [2.24, 2.45) is 0 Å². The van der Waals surface area contributed by atoms with E-state index in [0.29, 0.717) is 37.8 Å². The molecule has 0 aromatic heterocycles. The van der Waals surface area contributed by atoms with Gasteiger partial charge in [-0.25, -0.2) is 17.5 Å². The van der Waals surface area contributed by atoms with Gasteiger partial charge in [0, 0.05) is 12.2 Å². The summed E-state index contributed by atoms with van der Waals surface area (Å²) in [6, 6.07) is 20.3. The van der Waals surface area contributed by atoms with Crippen molar-refractivity contribution in [3.63, 3.8) is 0 Å². The SMILES string of the molecule is CCC(O)c1ccc(F)cc1.CS(=O)(=O)NCCCc1ccc(N2C(=O)CC2c2ccc(C(O)C(O)CCC(O)(CO)CO)cc2)cc1. The fourth-order valence-electron chi connectivity index (χ4n) is 5.22. The average Bonchev–Trinajstić information content (AvgIpc) is 3.08. The molecule has 4 rings (SSSR count). The number of anilines is 1. The zero-order valence-electron chi connectivity index (χ0n) is 27.2. The lowest BCUT2D eigenvalue weighted by Gasteiger charge is -2.41. The molecule has 3 aromatic carbocycles. The normalized spacial score (nSPS) is 16.8. The van der Waals surface area contributed by atoms with Crippen LogP contribution in [-0.2, 0) is 21.2 Å². The largest absolute Gasteiger partial charge is 0.393 e. The fourth-order valence-corrected chi connectivity index (χ4v) is 5.74. The maximum Gasteiger partial charge on any atom is 0.230 e. The number of amides is 1. The summed E-state index contributed by atoms with van der Waals surface area (Å²) in [7, 11) is -3.20. The third-order valence-electron chi connectivity index (χ3n) is 8.33. The van der Waals surface area contributed by atoms with Crippen LogP contribution in [0.4, 0.5) is 10.1 Å². The number of carbonyl (C=O) groups excluding carboxylic acids is 1. The van der Waals surface area contributed by atoms with Crippen molar-refractivity contribution >= 4 is 21.6 Å². The van der Waals surface area contributed by atoms with Crippen molar-refractivity contribution < 1.29 is 48.2 Å². The van der Waals surface area contributed by atoms with E-state index in [9.17, 15) is 38.0 Å². The number of hydrogen-bond donors (Lipinski definition) is 7. The Morgan fingerprint density at radius 1 is 0.938 bits per heavy atom. The van der Waals surface area contributed by atoms with E-state index in [1.165, 1.54) is 12.1 Å². The van der Waals surface area contributed by atoms with Crippen LogP contribution in [0.15, 0.2) is 72.8 Å². The van der Waals surface area contributed by atoms with E-state index >= 15 is 0 Å². The maximum atomic E-state index is 12.4. The Balaban J connectivity index is 0.000000480. The van der Waals surface area contributed by atoms with Crippen LogP contribution in [-0.4, -0.2) is 82.7 Å². The molecule has 1 aliphatic rings. The first kappa shape index (κ1) is 39.2. The minimum absolute atomic E-state index is 0.00473. The highest BCUT2D eigenvalue weighted by Crippen LogP contribution is 2.39. The van der Waals surface area contributed by atoms with E-state index in [1.807, 2.05) is 31.2 Å². The number of halogens is 1. The molecular weight excluding hydrogens is 643 g/mol. The second-order valence-electron chi connectivity index (χ2n) is 12.2. The van der Waals surface area contributed by atoms with Crippen molar-refractivity contribution in [3.05, 3.63) is 101 Å². The maximum absolute atomic E-state index is 12.4. The van der Waals surface area contributed by atoms with Crippen LogP contribution in [0.2, 0.25) is 0 Å². The molecule has 1 heterocycles. The molecule has 0 spiro atoms. The summed E-state index contributed by atoms with van der Waals surface area (Å²) >= 11 is 0. The number of β-lactam (4-membered cyclic amide) rings is 1. The number of benzene rings is 3. The van der Waals surface area contributed by atoms with E-state index in [2.05, 4.69) is 4.72 Å². The lowest BCUT2D eigenvalue weighted by Crippen LogP contribution is -2.46. The standard InChI is InChI=1S/C26H36N2O8S.C9H11FO/c1-37(35,36)27-14-2-3-18-4-10-21(11-5-18)28-22(15-24(28)32)19-6-8-20(9-7-19)25(33)23(31)12-13-26(34,16-29)17-30;1-2-9(11)7-3-5-8(10)6-4-7/h4-11,22-23,25,27,29-31,33-34H,2-3,12-17H2,1H3;3-6,9,11H,2H2,1H3. The van der Waals surface area contributed by atoms with Gasteiger partial charge in [-0.05, 0) is 78.6 Å². The number of aryl methyl sites for hydroxylation is 1. The molecule has 264 valence electrons. The Morgan fingerprint density at radius 2 is 1.52 bits per heavy atom. The Morgan fingerprint density at radius 3 is 2.04 bits per heavy atom. The molecule has 7 N–H and O–H groups in total. The summed E-state index contributed by atoms with van der Waals surface area (Å²) in [4.78, 5) is 14.1. The molecule has 4 atom stereocenters. The molecule has 0 bridgehead atoms. The summed E-state index contributed by atoms with van der Waals surface area (Å²) in [5, 5.41) is 58.4. The Hall–Kier alpha value is -3.27. The number of carbonyl (C=O) groups is 1. The van der Waals surface area contributed by atoms with Crippen LogP contribution in [0.3, 0.4) is 0 Å². The number of aliphatic hydroxyl groups excluding tert-OH is 5. The van der Waals surface area contributed by atoms with Gasteiger partial charge in [0.15, 0.2) is 0 Å². The lowest BCUT2D eigenvalue weighted by atomic mass is 9.90. The number of hydrogen-bond acceptors (Lipinski definition) is 9. The summed E-state index contributed by atoms with van der Waals surface area (Å²) in [6.07, 6.45) is 0.534. The third-order valence-corrected chi connectivity index (χ3v) is 9.06. The van der Waals surface area contributed by atoms with E-state index in [-0.39, 0.29) is 30.6 Å². The highest BCUT2D eigenvalue weighted by atomic mass is 32.2. The van der Waals surface area contributed by atoms with Crippen LogP contribution < -0.4 is 9.62 Å². The average molecular weight is 691 g/mol. The molecule has 4 unspecified atom stereocenters. The topological polar surface area (TPSA) is 188 Å². The molecule has 48 heavy (non-hydrogen) atoms. The number of sulfonamides is 1. The van der Waals surface area contributed by atoms with Gasteiger partial charge in [-0.15, -0.1) is 0 Å². The van der Waals surface area contributed by atoms with Gasteiger partial charge in [-0.1, -0.05) is 55.5 Å². The third kappa shape index (κ3) is 11.4. The highest BCUT2D eigenvalue weighted by Gasteiger charge is 2.38. The van der Waals surface area contributed by atoms with Crippen molar-refractivity contribution in [3.8, 4) is 0 Å². The second kappa shape index (κ2) is 17.9. The van der Waals surface area contributed by atoms with Crippen LogP contribution in [0.25, 0.3) is 0 Å². The zero-order valence-corrected chi connectivity index (χ0v) is 28.1. The predicted octanol–water partition coefficient (Wildman–Crippen LogP) is 2.81. The van der Waals surface area contributed by atoms with E-state index in [1.54, 1.807) is 41.3 Å². The molecule has 0 aliphatic carbocycles. The summed E-state index contributed by atoms with van der Waals surface area (Å²) in [5.74, 6) is -0.271. The number of nitrogens with one attached hydrogen (secondary N) is 1. The summed E-state index contributed by atoms with van der Waals surface area (Å²) in [5.41, 5.74) is 2.22. The van der Waals surface area contributed by atoms with Gasteiger partial charge < -0.3 is 35.5 Å². The molecule has 1 saturated heterocycles. The Kier molecular flexibility index (Phi) is 14.6. The lowest BCUT2D eigenvalue weighted by molar-refractivity contribution is -0.124.